The summed E-state index contributed by atoms with van der Waals surface area (Å²) in [6.07, 6.45) is 1.74. The molecule has 0 fully saturated rings. The number of nitrogens with one attached hydrogen (secondary N) is 1. The van der Waals surface area contributed by atoms with Crippen LogP contribution in [0.15, 0.2) is 59.0 Å². The number of non-ortho nitro benzene ring substituents is 1. The Hall–Kier alpha value is -3.06. The van der Waals surface area contributed by atoms with Crippen LogP contribution >= 0.6 is 11.3 Å². The maximum Gasteiger partial charge on any atom is 0.270 e. The van der Waals surface area contributed by atoms with Crippen LogP contribution in [0.1, 0.15) is 11.1 Å². The first kappa shape index (κ1) is 15.8. The van der Waals surface area contributed by atoms with Crippen LogP contribution in [0.5, 0.6) is 0 Å². The number of nitro benzene ring substituents is 1. The lowest BCUT2D eigenvalue weighted by Crippen LogP contribution is -1.92. The molecule has 1 heterocycles. The van der Waals surface area contributed by atoms with Gasteiger partial charge in [0.25, 0.3) is 5.69 Å². The number of anilines is 1. The van der Waals surface area contributed by atoms with E-state index in [-0.39, 0.29) is 5.69 Å². The molecule has 0 saturated heterocycles. The molecule has 0 aliphatic carbocycles. The molecule has 7 heteroatoms. The second-order valence-electron chi connectivity index (χ2n) is 5.07. The van der Waals surface area contributed by atoms with Crippen LogP contribution in [0.2, 0.25) is 0 Å². The summed E-state index contributed by atoms with van der Waals surface area (Å²) in [6, 6.07) is 14.3. The third-order valence-corrected chi connectivity index (χ3v) is 4.16. The largest absolute Gasteiger partial charge is 0.270 e. The van der Waals surface area contributed by atoms with Crippen LogP contribution in [-0.4, -0.2) is 16.1 Å². The molecule has 6 nitrogen and oxygen atoms in total. The summed E-state index contributed by atoms with van der Waals surface area (Å²) in [7, 11) is 0. The van der Waals surface area contributed by atoms with Gasteiger partial charge in [-0.1, -0.05) is 36.4 Å². The number of thiazole rings is 1. The fourth-order valence-electron chi connectivity index (χ4n) is 2.13. The van der Waals surface area contributed by atoms with Crippen LogP contribution < -0.4 is 5.43 Å². The van der Waals surface area contributed by atoms with Crippen LogP contribution in [0, 0.1) is 17.0 Å². The minimum absolute atomic E-state index is 0.0487. The highest BCUT2D eigenvalue weighted by atomic mass is 32.1. The molecule has 0 saturated carbocycles. The van der Waals surface area contributed by atoms with Gasteiger partial charge in [0.2, 0.25) is 5.13 Å². The lowest BCUT2D eigenvalue weighted by atomic mass is 10.1. The molecule has 120 valence electrons. The molecule has 0 atom stereocenters. The molecule has 2 aromatic carbocycles. The van der Waals surface area contributed by atoms with Gasteiger partial charge in [-0.25, -0.2) is 4.98 Å². The quantitative estimate of drug-likeness (QED) is 0.423. The van der Waals surface area contributed by atoms with Crippen LogP contribution in [0.25, 0.3) is 11.3 Å². The van der Waals surface area contributed by atoms with E-state index in [1.807, 2.05) is 36.6 Å². The average molecular weight is 338 g/mol. The fraction of sp³-hybridized carbons (Fsp3) is 0.0588. The monoisotopic (exact) mass is 338 g/mol. The zero-order valence-electron chi connectivity index (χ0n) is 12.8. The number of aromatic nitrogens is 1. The summed E-state index contributed by atoms with van der Waals surface area (Å²) in [5.74, 6) is 0. The minimum Gasteiger partial charge on any atom is -0.258 e. The second kappa shape index (κ2) is 7.01. The Morgan fingerprint density at radius 1 is 1.25 bits per heavy atom. The summed E-state index contributed by atoms with van der Waals surface area (Å²) in [6.45, 7) is 2.02. The summed E-state index contributed by atoms with van der Waals surface area (Å²) in [5.41, 5.74) is 6.49. The van der Waals surface area contributed by atoms with Gasteiger partial charge < -0.3 is 0 Å². The number of aryl methyl sites for hydroxylation is 1. The highest BCUT2D eigenvalue weighted by Gasteiger charge is 2.09. The van der Waals surface area contributed by atoms with E-state index < -0.39 is 4.92 Å². The van der Waals surface area contributed by atoms with Crippen molar-refractivity contribution in [3.05, 3.63) is 75.2 Å². The Kier molecular flexibility index (Phi) is 4.62. The number of benzene rings is 2. The van der Waals surface area contributed by atoms with Gasteiger partial charge in [-0.15, -0.1) is 11.3 Å². The van der Waals surface area contributed by atoms with Crippen LogP contribution in [0.4, 0.5) is 10.8 Å². The van der Waals surface area contributed by atoms with Gasteiger partial charge in [0.1, 0.15) is 0 Å². The Balaban J connectivity index is 1.73. The number of rotatable bonds is 5. The fourth-order valence-corrected chi connectivity index (χ4v) is 2.79. The van der Waals surface area contributed by atoms with Gasteiger partial charge in [-0.3, -0.25) is 15.5 Å². The zero-order chi connectivity index (χ0) is 16.9. The molecule has 1 N–H and O–H groups in total. The number of hydrogen-bond donors (Lipinski definition) is 1. The van der Waals surface area contributed by atoms with Crippen molar-refractivity contribution in [3.63, 3.8) is 0 Å². The van der Waals surface area contributed by atoms with Crippen LogP contribution in [-0.2, 0) is 0 Å². The van der Waals surface area contributed by atoms with E-state index in [0.717, 1.165) is 11.1 Å². The average Bonchev–Trinajstić information content (AvgIpc) is 3.06. The van der Waals surface area contributed by atoms with Crippen molar-refractivity contribution < 1.29 is 4.92 Å². The lowest BCUT2D eigenvalue weighted by molar-refractivity contribution is -0.384. The predicted molar refractivity (Wildman–Crippen MR) is 96.6 cm³/mol. The first-order valence-electron chi connectivity index (χ1n) is 7.18. The zero-order valence-corrected chi connectivity index (χ0v) is 13.7. The summed E-state index contributed by atoms with van der Waals surface area (Å²) >= 11 is 1.39. The molecule has 0 bridgehead atoms. The van der Waals surface area contributed by atoms with E-state index in [1.54, 1.807) is 18.3 Å². The first-order valence-corrected chi connectivity index (χ1v) is 8.06. The molecule has 0 aliphatic rings. The molecule has 24 heavy (non-hydrogen) atoms. The van der Waals surface area contributed by atoms with Gasteiger partial charge in [0.15, 0.2) is 0 Å². The van der Waals surface area contributed by atoms with E-state index in [4.69, 9.17) is 0 Å². The number of nitro groups is 1. The summed E-state index contributed by atoms with van der Waals surface area (Å²) in [4.78, 5) is 14.8. The van der Waals surface area contributed by atoms with E-state index >= 15 is 0 Å². The van der Waals surface area contributed by atoms with Crippen molar-refractivity contribution in [2.24, 2.45) is 5.10 Å². The first-order chi connectivity index (χ1) is 11.6. The normalized spacial score (nSPS) is 10.9. The van der Waals surface area contributed by atoms with Crippen molar-refractivity contribution in [1.29, 1.82) is 0 Å². The Morgan fingerprint density at radius 3 is 2.88 bits per heavy atom. The van der Waals surface area contributed by atoms with Crippen molar-refractivity contribution in [3.8, 4) is 11.3 Å². The van der Waals surface area contributed by atoms with Crippen molar-refractivity contribution in [2.75, 3.05) is 5.43 Å². The number of nitrogens with zero attached hydrogens (tertiary/aromatic N) is 3. The highest BCUT2D eigenvalue weighted by Crippen LogP contribution is 2.27. The second-order valence-corrected chi connectivity index (χ2v) is 5.93. The molecule has 0 spiro atoms. The number of hydrogen-bond acceptors (Lipinski definition) is 6. The van der Waals surface area contributed by atoms with E-state index in [0.29, 0.717) is 16.4 Å². The maximum absolute atomic E-state index is 10.8. The van der Waals surface area contributed by atoms with Gasteiger partial charge in [-0.05, 0) is 18.1 Å². The Morgan fingerprint density at radius 2 is 2.08 bits per heavy atom. The molecule has 3 rings (SSSR count). The topological polar surface area (TPSA) is 80.4 Å². The summed E-state index contributed by atoms with van der Waals surface area (Å²) < 4.78 is 0. The third-order valence-electron chi connectivity index (χ3n) is 3.41. The van der Waals surface area contributed by atoms with Crippen LogP contribution in [0.3, 0.4) is 0 Å². The SMILES string of the molecule is Cc1ccccc1C=NNc1nc(-c2cccc([N+](=O)[O-])c2)cs1. The molecular formula is C17H14N4O2S. The maximum atomic E-state index is 10.8. The lowest BCUT2D eigenvalue weighted by Gasteiger charge is -1.98. The molecule has 3 aromatic rings. The summed E-state index contributed by atoms with van der Waals surface area (Å²) in [5, 5.41) is 17.5. The molecule has 0 radical (unpaired) electrons. The van der Waals surface area contributed by atoms with Crippen molar-refractivity contribution in [1.82, 2.24) is 4.98 Å². The van der Waals surface area contributed by atoms with Gasteiger partial charge >= 0.3 is 0 Å². The standard InChI is InChI=1S/C17H14N4O2S/c1-12-5-2-3-6-14(12)10-18-20-17-19-16(11-24-17)13-7-4-8-15(9-13)21(22)23/h2-11H,1H3,(H,19,20). The Bertz CT molecular complexity index is 905. The highest BCUT2D eigenvalue weighted by molar-refractivity contribution is 7.14. The smallest absolute Gasteiger partial charge is 0.258 e. The molecule has 1 aromatic heterocycles. The van der Waals surface area contributed by atoms with E-state index in [2.05, 4.69) is 15.5 Å². The van der Waals surface area contributed by atoms with Gasteiger partial charge in [-0.2, -0.15) is 5.10 Å². The molecule has 0 amide bonds. The number of hydrazone groups is 1. The van der Waals surface area contributed by atoms with Gasteiger partial charge in [0.05, 0.1) is 16.8 Å². The van der Waals surface area contributed by atoms with E-state index in [9.17, 15) is 10.1 Å². The predicted octanol–water partition coefficient (Wildman–Crippen LogP) is 4.47. The Labute approximate surface area is 142 Å². The molecular weight excluding hydrogens is 324 g/mol. The molecule has 0 aliphatic heterocycles. The minimum atomic E-state index is -0.415. The molecule has 0 unspecified atom stereocenters. The van der Waals surface area contributed by atoms with Gasteiger partial charge in [0, 0.05) is 23.1 Å². The van der Waals surface area contributed by atoms with Crippen molar-refractivity contribution >= 4 is 28.4 Å². The third kappa shape index (κ3) is 3.64. The van der Waals surface area contributed by atoms with E-state index in [1.165, 1.54) is 23.5 Å². The van der Waals surface area contributed by atoms with Crippen molar-refractivity contribution in [2.45, 2.75) is 6.92 Å².